The minimum absolute atomic E-state index is 0.0610. The van der Waals surface area contributed by atoms with Gasteiger partial charge in [-0.3, -0.25) is 4.99 Å². The van der Waals surface area contributed by atoms with Gasteiger partial charge in [0.25, 0.3) is 0 Å². The molecule has 0 spiro atoms. The van der Waals surface area contributed by atoms with Crippen LogP contribution in [-0.2, 0) is 0 Å². The molecule has 2 aromatic rings. The van der Waals surface area contributed by atoms with Gasteiger partial charge in [0.2, 0.25) is 0 Å². The van der Waals surface area contributed by atoms with Crippen LogP contribution in [0.1, 0.15) is 11.7 Å². The highest BCUT2D eigenvalue weighted by atomic mass is 19.4. The summed E-state index contributed by atoms with van der Waals surface area (Å²) < 4.78 is 45.2. The zero-order valence-corrected chi connectivity index (χ0v) is 13.8. The zero-order chi connectivity index (χ0) is 19.2. The van der Waals surface area contributed by atoms with Crippen LogP contribution >= 0.6 is 0 Å². The number of halogens is 3. The minimum Gasteiger partial charge on any atom is -0.497 e. The Balaban J connectivity index is 1.91. The number of nitrogens with two attached hydrogens (primary N) is 1. The number of nitrogens with zero attached hydrogens (tertiary/aromatic N) is 1. The van der Waals surface area contributed by atoms with Gasteiger partial charge in [-0.15, -0.1) is 13.2 Å². The molecule has 1 atom stereocenters. The van der Waals surface area contributed by atoms with Gasteiger partial charge >= 0.3 is 6.36 Å². The molecule has 0 amide bonds. The van der Waals surface area contributed by atoms with Crippen LogP contribution in [0, 0.1) is 0 Å². The molecule has 140 valence electrons. The topological polar surface area (TPSA) is 89.1 Å². The summed E-state index contributed by atoms with van der Waals surface area (Å²) in [6.45, 7) is -0.0610. The Kier molecular flexibility index (Phi) is 6.29. The van der Waals surface area contributed by atoms with Crippen molar-refractivity contribution >= 4 is 11.6 Å². The maximum atomic E-state index is 12.1. The van der Waals surface area contributed by atoms with Gasteiger partial charge in [0.15, 0.2) is 5.96 Å². The number of anilines is 1. The van der Waals surface area contributed by atoms with Crippen molar-refractivity contribution in [2.45, 2.75) is 12.5 Å². The van der Waals surface area contributed by atoms with Crippen molar-refractivity contribution in [3.63, 3.8) is 0 Å². The van der Waals surface area contributed by atoms with E-state index in [0.717, 1.165) is 12.1 Å². The predicted molar refractivity (Wildman–Crippen MR) is 91.2 cm³/mol. The molecule has 0 saturated carbocycles. The first kappa shape index (κ1) is 19.4. The van der Waals surface area contributed by atoms with Crippen molar-refractivity contribution in [2.24, 2.45) is 10.7 Å². The summed E-state index contributed by atoms with van der Waals surface area (Å²) in [5, 5.41) is 12.9. The van der Waals surface area contributed by atoms with Crippen LogP contribution in [0.3, 0.4) is 0 Å². The summed E-state index contributed by atoms with van der Waals surface area (Å²) in [7, 11) is 1.56. The lowest BCUT2D eigenvalue weighted by molar-refractivity contribution is -0.274. The first-order chi connectivity index (χ1) is 12.3. The minimum atomic E-state index is -4.76. The molecule has 0 heterocycles. The number of benzene rings is 2. The zero-order valence-electron chi connectivity index (χ0n) is 13.8. The molecule has 0 bridgehead atoms. The van der Waals surface area contributed by atoms with E-state index in [9.17, 15) is 18.3 Å². The largest absolute Gasteiger partial charge is 0.573 e. The summed E-state index contributed by atoms with van der Waals surface area (Å²) >= 11 is 0. The number of rotatable bonds is 6. The first-order valence-electron chi connectivity index (χ1n) is 7.51. The van der Waals surface area contributed by atoms with Crippen molar-refractivity contribution in [3.8, 4) is 11.5 Å². The van der Waals surface area contributed by atoms with E-state index in [1.54, 1.807) is 31.4 Å². The Bertz CT molecular complexity index is 732. The number of aliphatic hydroxyl groups is 1. The van der Waals surface area contributed by atoms with Crippen LogP contribution < -0.4 is 20.5 Å². The molecule has 0 saturated heterocycles. The molecule has 6 nitrogen and oxygen atoms in total. The van der Waals surface area contributed by atoms with Gasteiger partial charge in [0, 0.05) is 5.69 Å². The van der Waals surface area contributed by atoms with E-state index in [1.807, 2.05) is 0 Å². The molecule has 2 rings (SSSR count). The van der Waals surface area contributed by atoms with Gasteiger partial charge in [0.1, 0.15) is 11.5 Å². The standard InChI is InChI=1S/C17H18F3N3O3/c1-25-13-8-4-12(5-9-13)23-16(21)22-10-15(24)11-2-6-14(7-3-11)26-17(18,19)20/h2-9,15,24H,10H2,1H3,(H3,21,22,23). The molecular formula is C17H18F3N3O3. The van der Waals surface area contributed by atoms with Gasteiger partial charge in [-0.05, 0) is 42.0 Å². The van der Waals surface area contributed by atoms with E-state index >= 15 is 0 Å². The number of alkyl halides is 3. The second-order valence-corrected chi connectivity index (χ2v) is 5.21. The maximum Gasteiger partial charge on any atom is 0.573 e. The molecular weight excluding hydrogens is 351 g/mol. The summed E-state index contributed by atoms with van der Waals surface area (Å²) in [5.74, 6) is 0.420. The molecule has 1 unspecified atom stereocenters. The second kappa shape index (κ2) is 8.43. The number of guanidine groups is 1. The highest BCUT2D eigenvalue weighted by molar-refractivity contribution is 5.92. The number of nitrogens with one attached hydrogen (secondary N) is 1. The Hall–Kier alpha value is -2.94. The van der Waals surface area contributed by atoms with E-state index in [4.69, 9.17) is 10.5 Å². The molecule has 0 aromatic heterocycles. The fraction of sp³-hybridized carbons (Fsp3) is 0.235. The number of hydrogen-bond donors (Lipinski definition) is 3. The van der Waals surface area contributed by atoms with Gasteiger partial charge < -0.3 is 25.6 Å². The third-order valence-corrected chi connectivity index (χ3v) is 3.30. The smallest absolute Gasteiger partial charge is 0.497 e. The quantitative estimate of drug-likeness (QED) is 0.538. The van der Waals surface area contributed by atoms with Crippen molar-refractivity contribution < 1.29 is 27.8 Å². The van der Waals surface area contributed by atoms with Gasteiger partial charge in [-0.2, -0.15) is 0 Å². The SMILES string of the molecule is COc1ccc(NC(N)=NCC(O)c2ccc(OC(F)(F)F)cc2)cc1. The fourth-order valence-electron chi connectivity index (χ4n) is 2.04. The third-order valence-electron chi connectivity index (χ3n) is 3.30. The van der Waals surface area contributed by atoms with E-state index in [1.165, 1.54) is 12.1 Å². The van der Waals surface area contributed by atoms with Crippen LogP contribution in [0.15, 0.2) is 53.5 Å². The lowest BCUT2D eigenvalue weighted by Gasteiger charge is -2.12. The van der Waals surface area contributed by atoms with Crippen molar-refractivity contribution in [3.05, 3.63) is 54.1 Å². The summed E-state index contributed by atoms with van der Waals surface area (Å²) in [6, 6.07) is 11.9. The van der Waals surface area contributed by atoms with Gasteiger partial charge in [-0.1, -0.05) is 12.1 Å². The van der Waals surface area contributed by atoms with E-state index in [-0.39, 0.29) is 18.3 Å². The summed E-state index contributed by atoms with van der Waals surface area (Å²) in [6.07, 6.45) is -5.78. The maximum absolute atomic E-state index is 12.1. The molecule has 0 aliphatic heterocycles. The highest BCUT2D eigenvalue weighted by Crippen LogP contribution is 2.24. The second-order valence-electron chi connectivity index (χ2n) is 5.21. The number of aliphatic imine (C=N–C) groups is 1. The molecule has 0 fully saturated rings. The van der Waals surface area contributed by atoms with Crippen LogP contribution in [0.25, 0.3) is 0 Å². The number of methoxy groups -OCH3 is 1. The monoisotopic (exact) mass is 369 g/mol. The predicted octanol–water partition coefficient (Wildman–Crippen LogP) is 3.05. The Morgan fingerprint density at radius 2 is 1.69 bits per heavy atom. The number of hydrogen-bond acceptors (Lipinski definition) is 4. The Morgan fingerprint density at radius 1 is 1.12 bits per heavy atom. The number of aliphatic hydroxyl groups excluding tert-OH is 1. The normalized spacial score (nSPS) is 13.2. The average Bonchev–Trinajstić information content (AvgIpc) is 2.59. The lowest BCUT2D eigenvalue weighted by Crippen LogP contribution is -2.23. The van der Waals surface area contributed by atoms with Crippen LogP contribution in [-0.4, -0.2) is 31.1 Å². The van der Waals surface area contributed by atoms with Crippen LogP contribution in [0.2, 0.25) is 0 Å². The summed E-state index contributed by atoms with van der Waals surface area (Å²) in [4.78, 5) is 4.01. The molecule has 2 aromatic carbocycles. The number of ether oxygens (including phenoxy) is 2. The molecule has 0 radical (unpaired) electrons. The highest BCUT2D eigenvalue weighted by Gasteiger charge is 2.31. The molecule has 26 heavy (non-hydrogen) atoms. The Labute approximate surface area is 148 Å². The Morgan fingerprint density at radius 3 is 2.23 bits per heavy atom. The third kappa shape index (κ3) is 6.17. The average molecular weight is 369 g/mol. The van der Waals surface area contributed by atoms with Crippen molar-refractivity contribution in [2.75, 3.05) is 19.0 Å². The van der Waals surface area contributed by atoms with E-state index in [2.05, 4.69) is 15.0 Å². The first-order valence-corrected chi connectivity index (χ1v) is 7.51. The van der Waals surface area contributed by atoms with Crippen LogP contribution in [0.4, 0.5) is 18.9 Å². The van der Waals surface area contributed by atoms with Gasteiger partial charge in [0.05, 0.1) is 19.8 Å². The fourth-order valence-corrected chi connectivity index (χ4v) is 2.04. The molecule has 0 aliphatic rings. The lowest BCUT2D eigenvalue weighted by atomic mass is 10.1. The molecule has 0 aliphatic carbocycles. The van der Waals surface area contributed by atoms with E-state index < -0.39 is 12.5 Å². The van der Waals surface area contributed by atoms with Crippen LogP contribution in [0.5, 0.6) is 11.5 Å². The van der Waals surface area contributed by atoms with E-state index in [0.29, 0.717) is 17.0 Å². The van der Waals surface area contributed by atoms with Crippen molar-refractivity contribution in [1.82, 2.24) is 0 Å². The summed E-state index contributed by atoms with van der Waals surface area (Å²) in [5.41, 5.74) is 6.83. The molecule has 9 heteroatoms. The van der Waals surface area contributed by atoms with Crippen molar-refractivity contribution in [1.29, 1.82) is 0 Å². The van der Waals surface area contributed by atoms with Gasteiger partial charge in [-0.25, -0.2) is 0 Å². The molecule has 4 N–H and O–H groups in total.